The average Bonchev–Trinajstić information content (AvgIpc) is 2.55. The molecule has 0 aromatic heterocycles. The van der Waals surface area contributed by atoms with Gasteiger partial charge in [-0.2, -0.15) is 5.26 Å². The summed E-state index contributed by atoms with van der Waals surface area (Å²) in [5.74, 6) is 0.911. The van der Waals surface area contributed by atoms with Crippen molar-refractivity contribution >= 4 is 0 Å². The fourth-order valence-corrected chi connectivity index (χ4v) is 2.23. The van der Waals surface area contributed by atoms with Crippen LogP contribution in [0.3, 0.4) is 0 Å². The molecule has 0 radical (unpaired) electrons. The highest BCUT2D eigenvalue weighted by atomic mass is 16.5. The Morgan fingerprint density at radius 3 is 2.71 bits per heavy atom. The van der Waals surface area contributed by atoms with Crippen molar-refractivity contribution in [3.8, 4) is 11.8 Å². The van der Waals surface area contributed by atoms with E-state index >= 15 is 0 Å². The number of methoxy groups -OCH3 is 1. The summed E-state index contributed by atoms with van der Waals surface area (Å²) in [6.07, 6.45) is 2.10. The highest BCUT2D eigenvalue weighted by Gasteiger charge is 1.97. The van der Waals surface area contributed by atoms with Gasteiger partial charge in [-0.3, -0.25) is 0 Å². The number of benzene rings is 2. The van der Waals surface area contributed by atoms with Gasteiger partial charge in [0.05, 0.1) is 18.7 Å². The molecule has 0 heterocycles. The Morgan fingerprint density at radius 2 is 1.90 bits per heavy atom. The molecule has 0 aliphatic carbocycles. The summed E-state index contributed by atoms with van der Waals surface area (Å²) in [5.41, 5.74) is 3.16. The van der Waals surface area contributed by atoms with Crippen LogP contribution in [0.5, 0.6) is 5.75 Å². The molecule has 0 saturated carbocycles. The second-order valence-corrected chi connectivity index (χ2v) is 4.94. The largest absolute Gasteiger partial charge is 0.497 e. The third-order valence-electron chi connectivity index (χ3n) is 3.34. The molecule has 2 rings (SSSR count). The van der Waals surface area contributed by atoms with E-state index in [-0.39, 0.29) is 0 Å². The Morgan fingerprint density at radius 1 is 1.10 bits per heavy atom. The standard InChI is InChI=1S/C18H20N2O/c1-21-18-9-3-5-15(12-18)8-4-10-20-14-17-7-2-6-16(11-17)13-19/h2-3,5-7,9,11-12,20H,4,8,10,14H2,1H3. The van der Waals surface area contributed by atoms with Crippen molar-refractivity contribution in [1.82, 2.24) is 5.32 Å². The molecule has 0 atom stereocenters. The van der Waals surface area contributed by atoms with Crippen molar-refractivity contribution in [3.05, 3.63) is 65.2 Å². The fourth-order valence-electron chi connectivity index (χ4n) is 2.23. The maximum Gasteiger partial charge on any atom is 0.119 e. The van der Waals surface area contributed by atoms with Crippen molar-refractivity contribution < 1.29 is 4.74 Å². The summed E-state index contributed by atoms with van der Waals surface area (Å²) in [5, 5.41) is 12.3. The number of nitrogens with zero attached hydrogens (tertiary/aromatic N) is 1. The lowest BCUT2D eigenvalue weighted by Gasteiger charge is -2.06. The number of hydrogen-bond acceptors (Lipinski definition) is 3. The van der Waals surface area contributed by atoms with Crippen molar-refractivity contribution in [2.75, 3.05) is 13.7 Å². The van der Waals surface area contributed by atoms with Crippen LogP contribution in [0.1, 0.15) is 23.1 Å². The zero-order valence-electron chi connectivity index (χ0n) is 12.3. The molecule has 3 heteroatoms. The van der Waals surface area contributed by atoms with Crippen molar-refractivity contribution in [3.63, 3.8) is 0 Å². The van der Waals surface area contributed by atoms with Crippen LogP contribution in [0.25, 0.3) is 0 Å². The number of nitriles is 1. The predicted molar refractivity (Wildman–Crippen MR) is 84.2 cm³/mol. The Bertz CT molecular complexity index is 617. The zero-order chi connectivity index (χ0) is 14.9. The molecule has 0 amide bonds. The summed E-state index contributed by atoms with van der Waals surface area (Å²) in [4.78, 5) is 0. The molecule has 0 aliphatic rings. The van der Waals surface area contributed by atoms with Crippen LogP contribution in [0, 0.1) is 11.3 Å². The molecule has 108 valence electrons. The van der Waals surface area contributed by atoms with Gasteiger partial charge in [0, 0.05) is 6.54 Å². The van der Waals surface area contributed by atoms with Crippen LogP contribution in [0.4, 0.5) is 0 Å². The first-order chi connectivity index (χ1) is 10.3. The van der Waals surface area contributed by atoms with Crippen molar-refractivity contribution in [2.24, 2.45) is 0 Å². The smallest absolute Gasteiger partial charge is 0.119 e. The molecule has 2 aromatic rings. The fraction of sp³-hybridized carbons (Fsp3) is 0.278. The van der Waals surface area contributed by atoms with Crippen molar-refractivity contribution in [2.45, 2.75) is 19.4 Å². The first kappa shape index (κ1) is 15.1. The Hall–Kier alpha value is -2.31. The molecule has 21 heavy (non-hydrogen) atoms. The minimum Gasteiger partial charge on any atom is -0.497 e. The normalized spacial score (nSPS) is 10.1. The van der Waals surface area contributed by atoms with E-state index in [2.05, 4.69) is 23.5 Å². The Balaban J connectivity index is 1.71. The number of aryl methyl sites for hydroxylation is 1. The second kappa shape index (κ2) is 8.08. The van der Waals surface area contributed by atoms with Gasteiger partial charge in [-0.25, -0.2) is 0 Å². The lowest BCUT2D eigenvalue weighted by Crippen LogP contribution is -2.15. The van der Waals surface area contributed by atoms with Gasteiger partial charge in [-0.15, -0.1) is 0 Å². The van der Waals surface area contributed by atoms with Crippen LogP contribution >= 0.6 is 0 Å². The van der Waals surface area contributed by atoms with E-state index < -0.39 is 0 Å². The molecule has 0 spiro atoms. The summed E-state index contributed by atoms with van der Waals surface area (Å²) in [7, 11) is 1.69. The van der Waals surface area contributed by atoms with Crippen LogP contribution in [-0.2, 0) is 13.0 Å². The molecule has 1 N–H and O–H groups in total. The molecule has 0 fully saturated rings. The van der Waals surface area contributed by atoms with E-state index in [1.807, 2.05) is 36.4 Å². The van der Waals surface area contributed by atoms with Crippen LogP contribution in [-0.4, -0.2) is 13.7 Å². The maximum absolute atomic E-state index is 8.86. The van der Waals surface area contributed by atoms with Crippen LogP contribution in [0.15, 0.2) is 48.5 Å². The molecule has 2 aromatic carbocycles. The van der Waals surface area contributed by atoms with Crippen LogP contribution in [0.2, 0.25) is 0 Å². The van der Waals surface area contributed by atoms with E-state index in [1.54, 1.807) is 7.11 Å². The summed E-state index contributed by atoms with van der Waals surface area (Å²) in [6.45, 7) is 1.75. The molecule has 0 saturated heterocycles. The molecular formula is C18H20N2O. The quantitative estimate of drug-likeness (QED) is 0.792. The summed E-state index contributed by atoms with van der Waals surface area (Å²) in [6, 6.07) is 18.1. The van der Waals surface area contributed by atoms with E-state index in [0.29, 0.717) is 5.56 Å². The molecule has 0 unspecified atom stereocenters. The average molecular weight is 280 g/mol. The topological polar surface area (TPSA) is 45.0 Å². The van der Waals surface area contributed by atoms with Gasteiger partial charge in [-0.05, 0) is 54.8 Å². The van der Waals surface area contributed by atoms with Crippen LogP contribution < -0.4 is 10.1 Å². The SMILES string of the molecule is COc1cccc(CCCNCc2cccc(C#N)c2)c1. The van der Waals surface area contributed by atoms with Gasteiger partial charge >= 0.3 is 0 Å². The summed E-state index contributed by atoms with van der Waals surface area (Å²) >= 11 is 0. The number of nitrogens with one attached hydrogen (secondary N) is 1. The molecule has 0 bridgehead atoms. The highest BCUT2D eigenvalue weighted by Crippen LogP contribution is 2.13. The Labute approximate surface area is 126 Å². The maximum atomic E-state index is 8.86. The monoisotopic (exact) mass is 280 g/mol. The van der Waals surface area contributed by atoms with E-state index in [0.717, 1.165) is 37.2 Å². The number of hydrogen-bond donors (Lipinski definition) is 1. The summed E-state index contributed by atoms with van der Waals surface area (Å²) < 4.78 is 5.22. The number of rotatable bonds is 7. The van der Waals surface area contributed by atoms with Gasteiger partial charge < -0.3 is 10.1 Å². The lowest BCUT2D eigenvalue weighted by atomic mass is 10.1. The minimum absolute atomic E-state index is 0.714. The molecular weight excluding hydrogens is 260 g/mol. The van der Waals surface area contributed by atoms with Gasteiger partial charge in [-0.1, -0.05) is 24.3 Å². The third-order valence-corrected chi connectivity index (χ3v) is 3.34. The lowest BCUT2D eigenvalue weighted by molar-refractivity contribution is 0.414. The second-order valence-electron chi connectivity index (χ2n) is 4.94. The Kier molecular flexibility index (Phi) is 5.81. The zero-order valence-corrected chi connectivity index (χ0v) is 12.3. The number of ether oxygens (including phenoxy) is 1. The van der Waals surface area contributed by atoms with Crippen molar-refractivity contribution in [1.29, 1.82) is 5.26 Å². The van der Waals surface area contributed by atoms with Gasteiger partial charge in [0.15, 0.2) is 0 Å². The van der Waals surface area contributed by atoms with Gasteiger partial charge in [0.1, 0.15) is 5.75 Å². The van der Waals surface area contributed by atoms with E-state index in [9.17, 15) is 0 Å². The van der Waals surface area contributed by atoms with Gasteiger partial charge in [0.25, 0.3) is 0 Å². The first-order valence-corrected chi connectivity index (χ1v) is 7.14. The molecule has 3 nitrogen and oxygen atoms in total. The first-order valence-electron chi connectivity index (χ1n) is 7.14. The molecule has 0 aliphatic heterocycles. The highest BCUT2D eigenvalue weighted by molar-refractivity contribution is 5.32. The van der Waals surface area contributed by atoms with E-state index in [1.165, 1.54) is 5.56 Å². The minimum atomic E-state index is 0.714. The van der Waals surface area contributed by atoms with E-state index in [4.69, 9.17) is 10.00 Å². The third kappa shape index (κ3) is 4.94. The predicted octanol–water partition coefficient (Wildman–Crippen LogP) is 3.29. The van der Waals surface area contributed by atoms with Gasteiger partial charge in [0.2, 0.25) is 0 Å².